The average Bonchev–Trinajstić information content (AvgIpc) is 3.12. The number of amides is 2. The molecule has 0 aliphatic rings. The Hall–Kier alpha value is -3.39. The molecule has 0 bridgehead atoms. The van der Waals surface area contributed by atoms with Gasteiger partial charge in [0.25, 0.3) is 0 Å². The maximum absolute atomic E-state index is 12.8. The van der Waals surface area contributed by atoms with Gasteiger partial charge in [0.1, 0.15) is 5.01 Å². The Bertz CT molecular complexity index is 1140. The third-order valence-electron chi connectivity index (χ3n) is 4.13. The summed E-state index contributed by atoms with van der Waals surface area (Å²) in [6.07, 6.45) is -4.47. The van der Waals surface area contributed by atoms with Crippen LogP contribution >= 0.6 is 11.3 Å². The zero-order chi connectivity index (χ0) is 20.4. The molecule has 0 spiro atoms. The summed E-state index contributed by atoms with van der Waals surface area (Å²) in [6.45, 7) is 0. The van der Waals surface area contributed by atoms with Gasteiger partial charge < -0.3 is 10.6 Å². The summed E-state index contributed by atoms with van der Waals surface area (Å²) >= 11 is 1.57. The maximum atomic E-state index is 12.8. The molecule has 146 valence electrons. The number of para-hydroxylation sites is 1. The van der Waals surface area contributed by atoms with Gasteiger partial charge in [0, 0.05) is 16.9 Å². The highest BCUT2D eigenvalue weighted by molar-refractivity contribution is 7.21. The minimum Gasteiger partial charge on any atom is -0.308 e. The first-order chi connectivity index (χ1) is 13.9. The lowest BCUT2D eigenvalue weighted by Crippen LogP contribution is -2.19. The first-order valence-electron chi connectivity index (χ1n) is 8.60. The lowest BCUT2D eigenvalue weighted by atomic mass is 10.2. The fourth-order valence-corrected chi connectivity index (χ4v) is 3.73. The van der Waals surface area contributed by atoms with Crippen molar-refractivity contribution in [1.29, 1.82) is 0 Å². The molecule has 0 unspecified atom stereocenters. The first-order valence-corrected chi connectivity index (χ1v) is 9.41. The molecule has 0 saturated carbocycles. The van der Waals surface area contributed by atoms with E-state index in [4.69, 9.17) is 0 Å². The topological polar surface area (TPSA) is 54.0 Å². The van der Waals surface area contributed by atoms with E-state index in [1.54, 1.807) is 23.5 Å². The number of nitrogens with zero attached hydrogens (tertiary/aromatic N) is 1. The van der Waals surface area contributed by atoms with Crippen LogP contribution in [-0.2, 0) is 6.18 Å². The minimum atomic E-state index is -4.47. The van der Waals surface area contributed by atoms with Gasteiger partial charge in [0.15, 0.2) is 0 Å². The van der Waals surface area contributed by atoms with Crippen LogP contribution in [0.25, 0.3) is 20.8 Å². The van der Waals surface area contributed by atoms with Crippen LogP contribution in [0.4, 0.5) is 29.3 Å². The van der Waals surface area contributed by atoms with Gasteiger partial charge in [-0.1, -0.05) is 18.2 Å². The summed E-state index contributed by atoms with van der Waals surface area (Å²) < 4.78 is 39.4. The SMILES string of the molecule is O=C(Nc1ccc(-c2nc3ccccc3s2)cc1)Nc1cccc(C(F)(F)F)c1. The fourth-order valence-electron chi connectivity index (χ4n) is 2.76. The van der Waals surface area contributed by atoms with E-state index in [0.717, 1.165) is 32.9 Å². The van der Waals surface area contributed by atoms with E-state index in [1.807, 2.05) is 36.4 Å². The molecule has 0 aliphatic carbocycles. The zero-order valence-corrected chi connectivity index (χ0v) is 15.6. The van der Waals surface area contributed by atoms with Crippen LogP contribution in [0, 0.1) is 0 Å². The van der Waals surface area contributed by atoms with Crippen LogP contribution in [0.1, 0.15) is 5.56 Å². The zero-order valence-electron chi connectivity index (χ0n) is 14.8. The van der Waals surface area contributed by atoms with Crippen LogP contribution in [0.15, 0.2) is 72.8 Å². The summed E-state index contributed by atoms with van der Waals surface area (Å²) in [5, 5.41) is 5.88. The molecular formula is C21H14F3N3OS. The molecule has 3 aromatic carbocycles. The quantitative estimate of drug-likeness (QED) is 0.396. The van der Waals surface area contributed by atoms with E-state index in [2.05, 4.69) is 15.6 Å². The molecular weight excluding hydrogens is 399 g/mol. The molecule has 2 amide bonds. The second-order valence-electron chi connectivity index (χ2n) is 6.22. The van der Waals surface area contributed by atoms with Crippen LogP contribution in [0.5, 0.6) is 0 Å². The number of anilines is 2. The van der Waals surface area contributed by atoms with Gasteiger partial charge in [0.05, 0.1) is 15.8 Å². The minimum absolute atomic E-state index is 0.0587. The lowest BCUT2D eigenvalue weighted by Gasteiger charge is -2.11. The molecule has 2 N–H and O–H groups in total. The number of hydrogen-bond acceptors (Lipinski definition) is 3. The standard InChI is InChI=1S/C21H14F3N3OS/c22-21(23,24)14-4-3-5-16(12-14)26-20(28)25-15-10-8-13(9-11-15)19-27-17-6-1-2-7-18(17)29-19/h1-12H,(H2,25,26,28). The molecule has 8 heteroatoms. The number of fused-ring (bicyclic) bond motifs is 1. The summed E-state index contributed by atoms with van der Waals surface area (Å²) in [4.78, 5) is 16.7. The number of hydrogen-bond donors (Lipinski definition) is 2. The van der Waals surface area contributed by atoms with Crippen molar-refractivity contribution in [3.8, 4) is 10.6 Å². The van der Waals surface area contributed by atoms with Crippen molar-refractivity contribution in [2.75, 3.05) is 10.6 Å². The lowest BCUT2D eigenvalue weighted by molar-refractivity contribution is -0.137. The van der Waals surface area contributed by atoms with Crippen LogP contribution in [-0.4, -0.2) is 11.0 Å². The van der Waals surface area contributed by atoms with Gasteiger partial charge in [-0.3, -0.25) is 0 Å². The Kier molecular flexibility index (Phi) is 4.94. The fraction of sp³-hybridized carbons (Fsp3) is 0.0476. The summed E-state index contributed by atoms with van der Waals surface area (Å²) in [5.41, 5.74) is 1.59. The molecule has 0 saturated heterocycles. The van der Waals surface area contributed by atoms with Crippen molar-refractivity contribution in [3.63, 3.8) is 0 Å². The number of rotatable bonds is 3. The highest BCUT2D eigenvalue weighted by Crippen LogP contribution is 2.31. The van der Waals surface area contributed by atoms with E-state index in [9.17, 15) is 18.0 Å². The van der Waals surface area contributed by atoms with Gasteiger partial charge in [-0.15, -0.1) is 11.3 Å². The van der Waals surface area contributed by atoms with Crippen molar-refractivity contribution in [3.05, 3.63) is 78.4 Å². The molecule has 0 fully saturated rings. The molecule has 4 aromatic rings. The number of carbonyl (C=O) groups is 1. The van der Waals surface area contributed by atoms with Crippen LogP contribution in [0.2, 0.25) is 0 Å². The Morgan fingerprint density at radius 1 is 0.862 bits per heavy atom. The maximum Gasteiger partial charge on any atom is 0.416 e. The molecule has 1 heterocycles. The monoisotopic (exact) mass is 413 g/mol. The van der Waals surface area contributed by atoms with Crippen LogP contribution in [0.3, 0.4) is 0 Å². The Morgan fingerprint density at radius 3 is 2.31 bits per heavy atom. The number of thiazole rings is 1. The number of alkyl halides is 3. The van der Waals surface area contributed by atoms with Crippen molar-refractivity contribution in [1.82, 2.24) is 4.98 Å². The van der Waals surface area contributed by atoms with Gasteiger partial charge in [-0.05, 0) is 54.6 Å². The predicted octanol–water partition coefficient (Wildman–Crippen LogP) is 6.63. The first kappa shape index (κ1) is 18.9. The van der Waals surface area contributed by atoms with Crippen molar-refractivity contribution in [2.45, 2.75) is 6.18 Å². The van der Waals surface area contributed by atoms with Gasteiger partial charge >= 0.3 is 12.2 Å². The Morgan fingerprint density at radius 2 is 1.59 bits per heavy atom. The number of aromatic nitrogens is 1. The molecule has 1 aromatic heterocycles. The van der Waals surface area contributed by atoms with Crippen molar-refractivity contribution in [2.24, 2.45) is 0 Å². The number of nitrogens with one attached hydrogen (secondary N) is 2. The van der Waals surface area contributed by atoms with E-state index < -0.39 is 17.8 Å². The Balaban J connectivity index is 1.44. The molecule has 0 atom stereocenters. The highest BCUT2D eigenvalue weighted by Gasteiger charge is 2.30. The number of benzene rings is 3. The second kappa shape index (κ2) is 7.56. The largest absolute Gasteiger partial charge is 0.416 e. The van der Waals surface area contributed by atoms with E-state index in [1.165, 1.54) is 12.1 Å². The second-order valence-corrected chi connectivity index (χ2v) is 7.25. The molecule has 0 aliphatic heterocycles. The molecule has 4 rings (SSSR count). The van der Waals surface area contributed by atoms with Crippen molar-refractivity contribution < 1.29 is 18.0 Å². The van der Waals surface area contributed by atoms with E-state index in [0.29, 0.717) is 5.69 Å². The van der Waals surface area contributed by atoms with E-state index >= 15 is 0 Å². The highest BCUT2D eigenvalue weighted by atomic mass is 32.1. The number of urea groups is 1. The van der Waals surface area contributed by atoms with Crippen molar-refractivity contribution >= 4 is 39.0 Å². The van der Waals surface area contributed by atoms with Gasteiger partial charge in [-0.2, -0.15) is 13.2 Å². The molecule has 0 radical (unpaired) electrons. The smallest absolute Gasteiger partial charge is 0.308 e. The van der Waals surface area contributed by atoms with E-state index in [-0.39, 0.29) is 5.69 Å². The predicted molar refractivity (Wildman–Crippen MR) is 109 cm³/mol. The van der Waals surface area contributed by atoms with Gasteiger partial charge in [0.2, 0.25) is 0 Å². The Labute approximate surface area is 168 Å². The summed E-state index contributed by atoms with van der Waals surface area (Å²) in [6, 6.07) is 18.8. The van der Waals surface area contributed by atoms with Crippen LogP contribution < -0.4 is 10.6 Å². The summed E-state index contributed by atoms with van der Waals surface area (Å²) in [5.74, 6) is 0. The van der Waals surface area contributed by atoms with Gasteiger partial charge in [-0.25, -0.2) is 9.78 Å². The number of carbonyl (C=O) groups excluding carboxylic acids is 1. The third kappa shape index (κ3) is 4.38. The third-order valence-corrected chi connectivity index (χ3v) is 5.22. The summed E-state index contributed by atoms with van der Waals surface area (Å²) in [7, 11) is 0. The average molecular weight is 413 g/mol. The molecule has 29 heavy (non-hydrogen) atoms. The normalized spacial score (nSPS) is 11.4. The molecule has 4 nitrogen and oxygen atoms in total. The number of halogens is 3.